The van der Waals surface area contributed by atoms with Gasteiger partial charge in [-0.3, -0.25) is 9.69 Å². The first kappa shape index (κ1) is 24.0. The van der Waals surface area contributed by atoms with Gasteiger partial charge in [-0.15, -0.1) is 0 Å². The first-order valence-electron chi connectivity index (χ1n) is 11.4. The Morgan fingerprint density at radius 3 is 2.26 bits per heavy atom. The molecule has 3 aromatic carbocycles. The van der Waals surface area contributed by atoms with Gasteiger partial charge in [-0.05, 0) is 72.3 Å². The van der Waals surface area contributed by atoms with Crippen LogP contribution in [-0.2, 0) is 14.3 Å². The number of nitrogens with zero attached hydrogens (tertiary/aromatic N) is 1. The smallest absolute Gasteiger partial charge is 0.410 e. The molecule has 1 aliphatic carbocycles. The summed E-state index contributed by atoms with van der Waals surface area (Å²) in [7, 11) is 1.59. The average molecular weight is 600 g/mol. The standard InChI is InChI=1S/C27H24Br2N2O4/c1-34-17-13-25(26(32)30-16-10-11-23(28)24(29)12-16)31(14-17)27(33)35-15-22-20-8-4-2-6-18(20)19-7-3-5-9-21(19)22/h2-12,17,22,25H,13-15H2,1H3,(H,30,32)/t17-,25-/m1/s1. The lowest BCUT2D eigenvalue weighted by Crippen LogP contribution is -2.43. The van der Waals surface area contributed by atoms with E-state index >= 15 is 0 Å². The van der Waals surface area contributed by atoms with E-state index in [1.165, 1.54) is 16.0 Å². The number of amides is 2. The zero-order chi connectivity index (χ0) is 24.5. The van der Waals surface area contributed by atoms with Gasteiger partial charge in [0, 0.05) is 34.1 Å². The molecular weight excluding hydrogens is 576 g/mol. The molecule has 180 valence electrons. The Bertz CT molecular complexity index is 1240. The summed E-state index contributed by atoms with van der Waals surface area (Å²) in [4.78, 5) is 27.8. The van der Waals surface area contributed by atoms with Crippen molar-refractivity contribution in [2.24, 2.45) is 0 Å². The van der Waals surface area contributed by atoms with Crippen LogP contribution < -0.4 is 5.32 Å². The highest BCUT2D eigenvalue weighted by Crippen LogP contribution is 2.44. The van der Waals surface area contributed by atoms with Crippen LogP contribution in [0.4, 0.5) is 10.5 Å². The summed E-state index contributed by atoms with van der Waals surface area (Å²) in [5, 5.41) is 2.91. The Labute approximate surface area is 220 Å². The first-order valence-corrected chi connectivity index (χ1v) is 12.9. The number of fused-ring (bicyclic) bond motifs is 3. The third kappa shape index (κ3) is 4.75. The fraction of sp³-hybridized carbons (Fsp3) is 0.259. The number of anilines is 1. The van der Waals surface area contributed by atoms with E-state index in [1.54, 1.807) is 13.2 Å². The quantitative estimate of drug-likeness (QED) is 0.380. The summed E-state index contributed by atoms with van der Waals surface area (Å²) >= 11 is 6.88. The molecule has 3 aromatic rings. The molecule has 1 N–H and O–H groups in total. The molecule has 5 rings (SSSR count). The zero-order valence-corrected chi connectivity index (χ0v) is 22.2. The fourth-order valence-electron chi connectivity index (χ4n) is 4.89. The molecule has 1 heterocycles. The molecule has 8 heteroatoms. The van der Waals surface area contributed by atoms with Gasteiger partial charge in [-0.25, -0.2) is 4.79 Å². The second-order valence-electron chi connectivity index (χ2n) is 8.68. The molecule has 1 saturated heterocycles. The Morgan fingerprint density at radius 1 is 0.971 bits per heavy atom. The van der Waals surface area contributed by atoms with Gasteiger partial charge < -0.3 is 14.8 Å². The minimum absolute atomic E-state index is 0.0421. The van der Waals surface area contributed by atoms with Crippen LogP contribution in [-0.4, -0.2) is 49.3 Å². The zero-order valence-electron chi connectivity index (χ0n) is 19.0. The van der Waals surface area contributed by atoms with Gasteiger partial charge in [-0.1, -0.05) is 48.5 Å². The SMILES string of the molecule is CO[C@@H]1C[C@H](C(=O)Nc2ccc(Br)c(Br)c2)N(C(=O)OCC2c3ccccc3-c3ccccc32)C1. The summed E-state index contributed by atoms with van der Waals surface area (Å²) in [5.74, 6) is -0.313. The maximum atomic E-state index is 13.2. The second kappa shape index (κ2) is 10.1. The minimum Gasteiger partial charge on any atom is -0.448 e. The van der Waals surface area contributed by atoms with Gasteiger partial charge in [0.1, 0.15) is 12.6 Å². The van der Waals surface area contributed by atoms with E-state index in [4.69, 9.17) is 9.47 Å². The van der Waals surface area contributed by atoms with Gasteiger partial charge >= 0.3 is 6.09 Å². The van der Waals surface area contributed by atoms with Gasteiger partial charge in [0.15, 0.2) is 0 Å². The van der Waals surface area contributed by atoms with Gasteiger partial charge in [0.25, 0.3) is 0 Å². The van der Waals surface area contributed by atoms with Crippen LogP contribution in [0.1, 0.15) is 23.5 Å². The number of hydrogen-bond acceptors (Lipinski definition) is 4. The molecule has 35 heavy (non-hydrogen) atoms. The molecule has 0 radical (unpaired) electrons. The van der Waals surface area contributed by atoms with Crippen molar-refractivity contribution in [1.82, 2.24) is 4.90 Å². The second-order valence-corrected chi connectivity index (χ2v) is 10.4. The predicted octanol–water partition coefficient (Wildman–Crippen LogP) is 6.19. The molecule has 0 unspecified atom stereocenters. The molecule has 0 saturated carbocycles. The predicted molar refractivity (Wildman–Crippen MR) is 141 cm³/mol. The number of nitrogens with one attached hydrogen (secondary N) is 1. The Morgan fingerprint density at radius 2 is 1.63 bits per heavy atom. The molecular formula is C27H24Br2N2O4. The van der Waals surface area contributed by atoms with Crippen molar-refractivity contribution in [3.63, 3.8) is 0 Å². The highest BCUT2D eigenvalue weighted by Gasteiger charge is 2.41. The number of methoxy groups -OCH3 is 1. The Hall–Kier alpha value is -2.68. The Kier molecular flexibility index (Phi) is 6.95. The number of hydrogen-bond donors (Lipinski definition) is 1. The van der Waals surface area contributed by atoms with E-state index < -0.39 is 12.1 Å². The van der Waals surface area contributed by atoms with Crippen molar-refractivity contribution in [3.8, 4) is 11.1 Å². The summed E-state index contributed by atoms with van der Waals surface area (Å²) in [5.41, 5.74) is 5.27. The molecule has 2 amide bonds. The van der Waals surface area contributed by atoms with Crippen molar-refractivity contribution in [1.29, 1.82) is 0 Å². The highest BCUT2D eigenvalue weighted by atomic mass is 79.9. The lowest BCUT2D eigenvalue weighted by molar-refractivity contribution is -0.120. The number of carbonyl (C=O) groups is 2. The van der Waals surface area contributed by atoms with Crippen LogP contribution in [0.2, 0.25) is 0 Å². The van der Waals surface area contributed by atoms with Crippen molar-refractivity contribution in [3.05, 3.63) is 86.8 Å². The van der Waals surface area contributed by atoms with Crippen LogP contribution in [0.3, 0.4) is 0 Å². The fourth-order valence-corrected chi connectivity index (χ4v) is 5.52. The van der Waals surface area contributed by atoms with Crippen molar-refractivity contribution in [2.75, 3.05) is 25.6 Å². The van der Waals surface area contributed by atoms with Crippen LogP contribution in [0.25, 0.3) is 11.1 Å². The maximum Gasteiger partial charge on any atom is 0.410 e. The van der Waals surface area contributed by atoms with Crippen LogP contribution in [0.15, 0.2) is 75.7 Å². The first-order chi connectivity index (χ1) is 17.0. The number of likely N-dealkylation sites (tertiary alicyclic amines) is 1. The molecule has 2 atom stereocenters. The van der Waals surface area contributed by atoms with Crippen molar-refractivity contribution < 1.29 is 19.1 Å². The Balaban J connectivity index is 1.30. The van der Waals surface area contributed by atoms with E-state index in [2.05, 4.69) is 61.4 Å². The molecule has 1 fully saturated rings. The lowest BCUT2D eigenvalue weighted by atomic mass is 9.98. The molecule has 1 aliphatic heterocycles. The number of carbonyl (C=O) groups excluding carboxylic acids is 2. The number of benzene rings is 3. The number of ether oxygens (including phenoxy) is 2. The number of rotatable bonds is 5. The largest absolute Gasteiger partial charge is 0.448 e. The summed E-state index contributed by atoms with van der Waals surface area (Å²) in [6.07, 6.45) is -0.337. The van der Waals surface area contributed by atoms with Gasteiger partial charge in [0.05, 0.1) is 12.6 Å². The minimum atomic E-state index is -0.682. The van der Waals surface area contributed by atoms with Crippen LogP contribution in [0, 0.1) is 0 Å². The third-order valence-corrected chi connectivity index (χ3v) is 8.54. The third-order valence-electron chi connectivity index (χ3n) is 6.66. The van der Waals surface area contributed by atoms with E-state index in [0.29, 0.717) is 18.7 Å². The number of halogens is 2. The molecule has 0 aromatic heterocycles. The highest BCUT2D eigenvalue weighted by molar-refractivity contribution is 9.13. The maximum absolute atomic E-state index is 13.2. The van der Waals surface area contributed by atoms with Gasteiger partial charge in [-0.2, -0.15) is 0 Å². The van der Waals surface area contributed by atoms with Crippen LogP contribution >= 0.6 is 31.9 Å². The average Bonchev–Trinajstić information content (AvgIpc) is 3.45. The van der Waals surface area contributed by atoms with Crippen molar-refractivity contribution >= 4 is 49.5 Å². The van der Waals surface area contributed by atoms with E-state index in [9.17, 15) is 9.59 Å². The molecule has 2 aliphatic rings. The molecule has 0 spiro atoms. The normalized spacial score (nSPS) is 18.8. The molecule has 6 nitrogen and oxygen atoms in total. The summed E-state index contributed by atoms with van der Waals surface area (Å²) < 4.78 is 13.0. The topological polar surface area (TPSA) is 67.9 Å². The molecule has 0 bridgehead atoms. The summed E-state index contributed by atoms with van der Waals surface area (Å²) in [6.45, 7) is 0.504. The lowest BCUT2D eigenvalue weighted by Gasteiger charge is -2.24. The van der Waals surface area contributed by atoms with Crippen molar-refractivity contribution in [2.45, 2.75) is 24.5 Å². The van der Waals surface area contributed by atoms with E-state index in [0.717, 1.165) is 20.1 Å². The van der Waals surface area contributed by atoms with Gasteiger partial charge in [0.2, 0.25) is 5.91 Å². The van der Waals surface area contributed by atoms with Crippen LogP contribution in [0.5, 0.6) is 0 Å². The van der Waals surface area contributed by atoms with E-state index in [1.807, 2.05) is 36.4 Å². The summed E-state index contributed by atoms with van der Waals surface area (Å²) in [6, 6.07) is 21.2. The van der Waals surface area contributed by atoms with E-state index in [-0.39, 0.29) is 24.5 Å². The monoisotopic (exact) mass is 598 g/mol.